The van der Waals surface area contributed by atoms with Crippen molar-refractivity contribution in [3.05, 3.63) is 100 Å². The minimum atomic E-state index is -0.649. The Bertz CT molecular complexity index is 1150. The van der Waals surface area contributed by atoms with Crippen LogP contribution in [0.4, 0.5) is 10.1 Å². The largest absolute Gasteiger partial charge is 0.473 e. The van der Waals surface area contributed by atoms with E-state index in [4.69, 9.17) is 16.5 Å². The number of benzene rings is 3. The number of halogens is 2. The molecule has 3 aromatic rings. The molecule has 3 aromatic carbocycles. The van der Waals surface area contributed by atoms with Crippen molar-refractivity contribution < 1.29 is 14.2 Å². The lowest BCUT2D eigenvalue weighted by Crippen LogP contribution is -2.46. The molecule has 0 fully saturated rings. The van der Waals surface area contributed by atoms with Gasteiger partial charge in [0.15, 0.2) is 0 Å². The molecule has 0 bridgehead atoms. The zero-order chi connectivity index (χ0) is 21.1. The van der Waals surface area contributed by atoms with Crippen LogP contribution in [0.3, 0.4) is 0 Å². The van der Waals surface area contributed by atoms with Gasteiger partial charge in [-0.1, -0.05) is 36.4 Å². The van der Waals surface area contributed by atoms with E-state index >= 15 is 0 Å². The van der Waals surface area contributed by atoms with Crippen LogP contribution in [0.25, 0.3) is 5.88 Å². The average Bonchev–Trinajstić information content (AvgIpc) is 2.74. The summed E-state index contributed by atoms with van der Waals surface area (Å²) in [4.78, 5) is 4.68. The van der Waals surface area contributed by atoms with Gasteiger partial charge >= 0.3 is 0 Å². The summed E-state index contributed by atoms with van der Waals surface area (Å²) in [5, 5.41) is 14.6. The summed E-state index contributed by atoms with van der Waals surface area (Å²) in [5.74, 6) is 0.0461. The SMILES string of the molecule is CC(O)c1ccc2c(c1)=C(OCc1cccc(F)c1)N(Cl)C(Nc1ccccc1)N=2. The number of hydrogen-bond acceptors (Lipinski definition) is 5. The molecular weight excluding hydrogens is 405 g/mol. The summed E-state index contributed by atoms with van der Waals surface area (Å²) in [6.07, 6.45) is -1.26. The zero-order valence-corrected chi connectivity index (χ0v) is 17.1. The molecule has 1 heterocycles. The van der Waals surface area contributed by atoms with Gasteiger partial charge < -0.3 is 15.2 Å². The first-order chi connectivity index (χ1) is 14.5. The van der Waals surface area contributed by atoms with E-state index in [9.17, 15) is 9.50 Å². The predicted molar refractivity (Wildman–Crippen MR) is 114 cm³/mol. The number of ether oxygens (including phenoxy) is 1. The van der Waals surface area contributed by atoms with Crippen LogP contribution in [0, 0.1) is 5.82 Å². The number of nitrogens with one attached hydrogen (secondary N) is 1. The number of para-hydroxylation sites is 1. The molecule has 0 saturated carbocycles. The van der Waals surface area contributed by atoms with E-state index in [1.54, 1.807) is 25.1 Å². The van der Waals surface area contributed by atoms with E-state index in [-0.39, 0.29) is 12.4 Å². The van der Waals surface area contributed by atoms with Crippen LogP contribution in [0.1, 0.15) is 24.2 Å². The molecule has 0 spiro atoms. The monoisotopic (exact) mass is 425 g/mol. The van der Waals surface area contributed by atoms with Crippen LogP contribution in [0.2, 0.25) is 0 Å². The second kappa shape index (κ2) is 8.73. The number of aliphatic hydroxyl groups excluding tert-OH is 1. The highest BCUT2D eigenvalue weighted by atomic mass is 35.5. The van der Waals surface area contributed by atoms with Crippen LogP contribution in [-0.2, 0) is 11.3 Å². The van der Waals surface area contributed by atoms with Gasteiger partial charge in [0, 0.05) is 17.5 Å². The fraction of sp³-hybridized carbons (Fsp3) is 0.174. The van der Waals surface area contributed by atoms with E-state index in [0.717, 1.165) is 11.3 Å². The second-order valence-corrected chi connectivity index (χ2v) is 7.36. The van der Waals surface area contributed by atoms with E-state index in [0.29, 0.717) is 22.0 Å². The zero-order valence-electron chi connectivity index (χ0n) is 16.3. The molecule has 2 unspecified atom stereocenters. The molecule has 0 saturated heterocycles. The Morgan fingerprint density at radius 1 is 1.13 bits per heavy atom. The first kappa shape index (κ1) is 20.2. The third kappa shape index (κ3) is 4.40. The fourth-order valence-corrected chi connectivity index (χ4v) is 3.43. The number of hydrogen-bond donors (Lipinski definition) is 2. The van der Waals surface area contributed by atoms with Crippen LogP contribution >= 0.6 is 11.8 Å². The Morgan fingerprint density at radius 3 is 2.67 bits per heavy atom. The molecule has 1 aliphatic heterocycles. The molecule has 0 aliphatic carbocycles. The maximum absolute atomic E-state index is 13.5. The summed E-state index contributed by atoms with van der Waals surface area (Å²) >= 11 is 6.63. The summed E-state index contributed by atoms with van der Waals surface area (Å²) in [6.45, 7) is 1.82. The molecule has 1 aliphatic rings. The number of aliphatic hydroxyl groups is 1. The Kier molecular flexibility index (Phi) is 5.88. The van der Waals surface area contributed by atoms with Crippen molar-refractivity contribution in [1.29, 1.82) is 0 Å². The number of nitrogens with zero attached hydrogens (tertiary/aromatic N) is 2. The quantitative estimate of drug-likeness (QED) is 0.592. The molecule has 5 nitrogen and oxygen atoms in total. The van der Waals surface area contributed by atoms with Gasteiger partial charge in [0.25, 0.3) is 0 Å². The molecule has 2 N–H and O–H groups in total. The van der Waals surface area contributed by atoms with Crippen LogP contribution in [0.15, 0.2) is 77.8 Å². The summed E-state index contributed by atoms with van der Waals surface area (Å²) in [6, 6.07) is 21.2. The van der Waals surface area contributed by atoms with Crippen molar-refractivity contribution in [2.75, 3.05) is 5.32 Å². The number of anilines is 1. The molecule has 0 radical (unpaired) electrons. The molecule has 0 amide bonds. The van der Waals surface area contributed by atoms with E-state index < -0.39 is 12.4 Å². The van der Waals surface area contributed by atoms with Gasteiger partial charge in [-0.05, 0) is 54.4 Å². The van der Waals surface area contributed by atoms with Crippen LogP contribution in [-0.4, -0.2) is 15.8 Å². The van der Waals surface area contributed by atoms with Gasteiger partial charge in [-0.2, -0.15) is 0 Å². The van der Waals surface area contributed by atoms with Crippen LogP contribution < -0.4 is 15.9 Å². The highest BCUT2D eigenvalue weighted by Crippen LogP contribution is 2.22. The highest BCUT2D eigenvalue weighted by Gasteiger charge is 2.25. The van der Waals surface area contributed by atoms with E-state index in [2.05, 4.69) is 10.3 Å². The standard InChI is InChI=1S/C23H21ClFN3O2/c1-15(29)17-10-11-21-20(13-17)22(30-14-16-6-5-7-18(25)12-16)28(24)23(27-21)26-19-8-3-2-4-9-19/h2-13,15,23,26,29H,14H2,1H3. The second-order valence-electron chi connectivity index (χ2n) is 7.00. The van der Waals surface area contributed by atoms with Gasteiger partial charge in [0.2, 0.25) is 12.2 Å². The third-order valence-corrected chi connectivity index (χ3v) is 5.08. The minimum Gasteiger partial charge on any atom is -0.473 e. The summed E-state index contributed by atoms with van der Waals surface area (Å²) < 4.78 is 20.9. The molecule has 7 heteroatoms. The van der Waals surface area contributed by atoms with Crippen molar-refractivity contribution >= 4 is 23.3 Å². The fourth-order valence-electron chi connectivity index (χ4n) is 3.20. The lowest BCUT2D eigenvalue weighted by atomic mass is 10.1. The average molecular weight is 426 g/mol. The normalized spacial score (nSPS) is 16.5. The molecule has 30 heavy (non-hydrogen) atoms. The Hall–Kier alpha value is -3.09. The smallest absolute Gasteiger partial charge is 0.217 e. The lowest BCUT2D eigenvalue weighted by molar-refractivity contribution is 0.195. The molecule has 0 aromatic heterocycles. The Morgan fingerprint density at radius 2 is 1.93 bits per heavy atom. The van der Waals surface area contributed by atoms with Crippen LogP contribution in [0.5, 0.6) is 0 Å². The summed E-state index contributed by atoms with van der Waals surface area (Å²) in [7, 11) is 0. The van der Waals surface area contributed by atoms with Gasteiger partial charge in [-0.3, -0.25) is 0 Å². The first-order valence-corrected chi connectivity index (χ1v) is 9.89. The van der Waals surface area contributed by atoms with Gasteiger partial charge in [0.05, 0.1) is 16.7 Å². The summed E-state index contributed by atoms with van der Waals surface area (Å²) in [5.41, 5.74) is 2.25. The Labute approximate surface area is 178 Å². The first-order valence-electron chi connectivity index (χ1n) is 9.55. The number of fused-ring (bicyclic) bond motifs is 1. The Balaban J connectivity index is 1.72. The predicted octanol–water partition coefficient (Wildman–Crippen LogP) is 3.65. The van der Waals surface area contributed by atoms with Crippen molar-refractivity contribution in [1.82, 2.24) is 4.42 Å². The maximum atomic E-state index is 13.5. The molecule has 2 atom stereocenters. The lowest BCUT2D eigenvalue weighted by Gasteiger charge is -2.30. The topological polar surface area (TPSA) is 57.1 Å². The maximum Gasteiger partial charge on any atom is 0.217 e. The number of rotatable bonds is 6. The van der Waals surface area contributed by atoms with E-state index in [1.807, 2.05) is 42.5 Å². The van der Waals surface area contributed by atoms with Crippen molar-refractivity contribution in [2.45, 2.75) is 25.9 Å². The molecule has 4 rings (SSSR count). The van der Waals surface area contributed by atoms with Gasteiger partial charge in [0.1, 0.15) is 12.4 Å². The minimum absolute atomic E-state index is 0.132. The third-order valence-electron chi connectivity index (χ3n) is 4.74. The van der Waals surface area contributed by atoms with Gasteiger partial charge in [-0.15, -0.1) is 0 Å². The van der Waals surface area contributed by atoms with E-state index in [1.165, 1.54) is 16.6 Å². The highest BCUT2D eigenvalue weighted by molar-refractivity contribution is 6.16. The van der Waals surface area contributed by atoms with Crippen molar-refractivity contribution in [3.63, 3.8) is 0 Å². The molecular formula is C23H21ClFN3O2. The van der Waals surface area contributed by atoms with Crippen molar-refractivity contribution in [2.24, 2.45) is 4.99 Å². The molecule has 154 valence electrons. The van der Waals surface area contributed by atoms with Gasteiger partial charge in [-0.25, -0.2) is 13.8 Å². The van der Waals surface area contributed by atoms with Crippen molar-refractivity contribution in [3.8, 4) is 0 Å².